The van der Waals surface area contributed by atoms with Crippen LogP contribution in [-0.4, -0.2) is 31.4 Å². The lowest BCUT2D eigenvalue weighted by Gasteiger charge is -2.32. The molecule has 0 radical (unpaired) electrons. The fraction of sp³-hybridized carbons (Fsp3) is 0.208. The number of methoxy groups -OCH3 is 1. The number of rotatable bonds is 5. The summed E-state index contributed by atoms with van der Waals surface area (Å²) in [6.07, 6.45) is 0. The molecule has 1 aliphatic heterocycles. The van der Waals surface area contributed by atoms with Crippen LogP contribution in [0.5, 0.6) is 5.75 Å². The van der Waals surface area contributed by atoms with Crippen LogP contribution in [0.15, 0.2) is 71.7 Å². The molecule has 3 aromatic rings. The van der Waals surface area contributed by atoms with E-state index in [4.69, 9.17) is 9.47 Å². The summed E-state index contributed by atoms with van der Waals surface area (Å²) in [5.41, 5.74) is 1.93. The first-order valence-corrected chi connectivity index (χ1v) is 9.80. The molecule has 0 bridgehead atoms. The predicted molar refractivity (Wildman–Crippen MR) is 115 cm³/mol. The summed E-state index contributed by atoms with van der Waals surface area (Å²) >= 11 is 0. The molecule has 0 spiro atoms. The third-order valence-corrected chi connectivity index (χ3v) is 5.21. The lowest BCUT2D eigenvalue weighted by atomic mass is 9.83. The molecule has 1 heterocycles. The number of aliphatic imine (C=N–C) groups is 1. The summed E-state index contributed by atoms with van der Waals surface area (Å²) in [5, 5.41) is 4.68. The van der Waals surface area contributed by atoms with Gasteiger partial charge in [0.15, 0.2) is 0 Å². The number of carbonyl (C=O) groups is 2. The number of esters is 1. The van der Waals surface area contributed by atoms with Crippen molar-refractivity contribution in [3.05, 3.63) is 77.9 Å². The number of nitrogens with zero attached hydrogens (tertiary/aromatic N) is 1. The maximum atomic E-state index is 13.1. The zero-order valence-electron chi connectivity index (χ0n) is 16.8. The third-order valence-electron chi connectivity index (χ3n) is 5.21. The molecule has 0 saturated heterocycles. The van der Waals surface area contributed by atoms with Gasteiger partial charge in [0, 0.05) is 5.39 Å². The fourth-order valence-corrected chi connectivity index (χ4v) is 3.92. The van der Waals surface area contributed by atoms with E-state index in [-0.39, 0.29) is 6.61 Å². The van der Waals surface area contributed by atoms with E-state index in [9.17, 15) is 9.59 Å². The summed E-state index contributed by atoms with van der Waals surface area (Å²) in [7, 11) is 1.62. The molecule has 0 fully saturated rings. The average molecular weight is 402 g/mol. The maximum Gasteiger partial charge on any atom is 0.341 e. The Kier molecular flexibility index (Phi) is 5.48. The zero-order valence-corrected chi connectivity index (χ0v) is 16.8. The van der Waals surface area contributed by atoms with Crippen LogP contribution in [0.25, 0.3) is 10.8 Å². The second-order valence-electron chi connectivity index (χ2n) is 6.92. The van der Waals surface area contributed by atoms with Crippen LogP contribution >= 0.6 is 0 Å². The molecule has 0 aliphatic carbocycles. The molecular weight excluding hydrogens is 380 g/mol. The molecular formula is C24H22N2O4. The zero-order chi connectivity index (χ0) is 21.1. The molecule has 3 aromatic carbocycles. The Labute approximate surface area is 174 Å². The van der Waals surface area contributed by atoms with Crippen LogP contribution < -0.4 is 10.1 Å². The summed E-state index contributed by atoms with van der Waals surface area (Å²) in [5.74, 6) is -0.479. The minimum absolute atomic E-state index is 0.238. The van der Waals surface area contributed by atoms with Crippen molar-refractivity contribution in [2.75, 3.05) is 13.7 Å². The van der Waals surface area contributed by atoms with Crippen LogP contribution in [-0.2, 0) is 9.53 Å². The highest BCUT2D eigenvalue weighted by Crippen LogP contribution is 2.37. The van der Waals surface area contributed by atoms with Crippen LogP contribution in [0.1, 0.15) is 24.1 Å². The van der Waals surface area contributed by atoms with Gasteiger partial charge in [0.05, 0.1) is 25.5 Å². The Morgan fingerprint density at radius 3 is 2.40 bits per heavy atom. The van der Waals surface area contributed by atoms with Crippen molar-refractivity contribution in [1.82, 2.24) is 5.32 Å². The molecule has 152 valence electrons. The van der Waals surface area contributed by atoms with Crippen LogP contribution in [0, 0.1) is 5.92 Å². The Hall–Kier alpha value is -3.67. The first kappa shape index (κ1) is 19.6. The summed E-state index contributed by atoms with van der Waals surface area (Å²) in [4.78, 5) is 29.8. The van der Waals surface area contributed by atoms with E-state index in [0.717, 1.165) is 22.1 Å². The van der Waals surface area contributed by atoms with Crippen molar-refractivity contribution in [1.29, 1.82) is 0 Å². The van der Waals surface area contributed by atoms with Gasteiger partial charge in [0.1, 0.15) is 11.7 Å². The number of ether oxygens (including phenoxy) is 2. The summed E-state index contributed by atoms with van der Waals surface area (Å²) in [6, 6.07) is 19.6. The molecule has 30 heavy (non-hydrogen) atoms. The van der Waals surface area contributed by atoms with Crippen molar-refractivity contribution in [3.8, 4) is 5.75 Å². The fourth-order valence-electron chi connectivity index (χ4n) is 3.92. The van der Waals surface area contributed by atoms with Gasteiger partial charge in [-0.1, -0.05) is 60.7 Å². The van der Waals surface area contributed by atoms with Gasteiger partial charge in [0.25, 0.3) is 0 Å². The molecule has 1 N–H and O–H groups in total. The van der Waals surface area contributed by atoms with E-state index in [1.54, 1.807) is 14.0 Å². The highest BCUT2D eigenvalue weighted by Gasteiger charge is 2.41. The average Bonchev–Trinajstić information content (AvgIpc) is 2.78. The minimum atomic E-state index is -0.776. The van der Waals surface area contributed by atoms with Crippen molar-refractivity contribution < 1.29 is 19.1 Å². The second-order valence-corrected chi connectivity index (χ2v) is 6.92. The number of carbonyl (C=O) groups excluding carboxylic acids is 2. The van der Waals surface area contributed by atoms with Gasteiger partial charge < -0.3 is 14.8 Å². The number of hydrogen-bond donors (Lipinski definition) is 1. The number of benzene rings is 3. The van der Waals surface area contributed by atoms with Crippen LogP contribution in [0.3, 0.4) is 0 Å². The molecule has 2 atom stereocenters. The lowest BCUT2D eigenvalue weighted by Crippen LogP contribution is -2.45. The quantitative estimate of drug-likeness (QED) is 0.646. The summed E-state index contributed by atoms with van der Waals surface area (Å²) in [6.45, 7) is 2.00. The van der Waals surface area contributed by atoms with Gasteiger partial charge in [-0.3, -0.25) is 4.79 Å². The van der Waals surface area contributed by atoms with Crippen molar-refractivity contribution in [2.24, 2.45) is 10.9 Å². The van der Waals surface area contributed by atoms with Gasteiger partial charge >= 0.3 is 12.0 Å². The van der Waals surface area contributed by atoms with E-state index in [1.165, 1.54) is 0 Å². The smallest absolute Gasteiger partial charge is 0.341 e. The van der Waals surface area contributed by atoms with Crippen molar-refractivity contribution in [2.45, 2.75) is 13.0 Å². The van der Waals surface area contributed by atoms with E-state index in [0.29, 0.717) is 11.3 Å². The maximum absolute atomic E-state index is 13.1. The highest BCUT2D eigenvalue weighted by atomic mass is 16.5. The highest BCUT2D eigenvalue weighted by molar-refractivity contribution is 6.17. The number of amides is 2. The lowest BCUT2D eigenvalue weighted by molar-refractivity contribution is -0.146. The number of hydrogen-bond acceptors (Lipinski definition) is 4. The van der Waals surface area contributed by atoms with E-state index in [2.05, 4.69) is 10.3 Å². The van der Waals surface area contributed by atoms with Gasteiger partial charge in [-0.05, 0) is 29.5 Å². The monoisotopic (exact) mass is 402 g/mol. The van der Waals surface area contributed by atoms with E-state index >= 15 is 0 Å². The number of fused-ring (bicyclic) bond motifs is 1. The second kappa shape index (κ2) is 8.37. The standard InChI is InChI=1S/C24H22N2O4/c1-3-30-23(27)20-21(15-9-5-4-6-10-15)25-24(28)26-22(20)18-13-14-19(29-2)17-12-8-7-11-16(17)18/h4-14,20,22H,3H2,1-2H3,(H,26,28). The molecule has 2 unspecified atom stereocenters. The topological polar surface area (TPSA) is 77.0 Å². The van der Waals surface area contributed by atoms with Gasteiger partial charge in [0.2, 0.25) is 0 Å². The largest absolute Gasteiger partial charge is 0.496 e. The van der Waals surface area contributed by atoms with Gasteiger partial charge in [-0.2, -0.15) is 4.99 Å². The molecule has 1 aliphatic rings. The molecule has 6 heteroatoms. The normalized spacial score (nSPS) is 18.5. The molecule has 4 rings (SSSR count). The number of nitrogens with one attached hydrogen (secondary N) is 1. The first-order chi connectivity index (χ1) is 14.6. The molecule has 2 amide bonds. The molecule has 0 aromatic heterocycles. The van der Waals surface area contributed by atoms with Crippen molar-refractivity contribution in [3.63, 3.8) is 0 Å². The van der Waals surface area contributed by atoms with Crippen LogP contribution in [0.2, 0.25) is 0 Å². The SMILES string of the molecule is CCOC(=O)C1C(c2ccccc2)=NC(=O)NC1c1ccc(OC)c2ccccc12. The van der Waals surface area contributed by atoms with E-state index < -0.39 is 24.0 Å². The molecule has 6 nitrogen and oxygen atoms in total. The minimum Gasteiger partial charge on any atom is -0.496 e. The third kappa shape index (κ3) is 3.52. The van der Waals surface area contributed by atoms with Gasteiger partial charge in [-0.25, -0.2) is 4.79 Å². The summed E-state index contributed by atoms with van der Waals surface area (Å²) < 4.78 is 10.9. The Morgan fingerprint density at radius 2 is 1.70 bits per heavy atom. The Morgan fingerprint density at radius 1 is 1.00 bits per heavy atom. The van der Waals surface area contributed by atoms with E-state index in [1.807, 2.05) is 66.7 Å². The Bertz CT molecular complexity index is 1120. The predicted octanol–water partition coefficient (Wildman–Crippen LogP) is 4.28. The number of urea groups is 1. The van der Waals surface area contributed by atoms with Gasteiger partial charge in [-0.15, -0.1) is 0 Å². The van der Waals surface area contributed by atoms with Crippen LogP contribution in [0.4, 0.5) is 4.79 Å². The molecule has 0 saturated carbocycles. The first-order valence-electron chi connectivity index (χ1n) is 9.80. The Balaban J connectivity index is 1.90. The van der Waals surface area contributed by atoms with Crippen molar-refractivity contribution >= 4 is 28.5 Å².